The van der Waals surface area contributed by atoms with Crippen molar-refractivity contribution in [2.45, 2.75) is 13.0 Å². The molecule has 1 aromatic carbocycles. The van der Waals surface area contributed by atoms with Gasteiger partial charge in [-0.15, -0.1) is 0 Å². The minimum atomic E-state index is 0.117. The molecule has 0 spiro atoms. The molecular formula is C10H14N2O2. The summed E-state index contributed by atoms with van der Waals surface area (Å²) in [5.41, 5.74) is 3.79. The van der Waals surface area contributed by atoms with E-state index < -0.39 is 0 Å². The standard InChI is InChI=1S/C10H14N2O2/c1-7(12-11)8-2-3-9-10(6-8)14-5-4-13-9/h2-3,6-7,12H,4-5,11H2,1H3. The van der Waals surface area contributed by atoms with Gasteiger partial charge in [-0.1, -0.05) is 6.07 Å². The first-order valence-corrected chi connectivity index (χ1v) is 4.67. The first kappa shape index (κ1) is 9.30. The minimum Gasteiger partial charge on any atom is -0.486 e. The van der Waals surface area contributed by atoms with Gasteiger partial charge in [-0.05, 0) is 24.6 Å². The molecule has 14 heavy (non-hydrogen) atoms. The van der Waals surface area contributed by atoms with E-state index in [0.717, 1.165) is 17.1 Å². The molecule has 3 N–H and O–H groups in total. The van der Waals surface area contributed by atoms with Crippen LogP contribution < -0.4 is 20.7 Å². The van der Waals surface area contributed by atoms with Crippen molar-refractivity contribution in [1.82, 2.24) is 5.43 Å². The molecular weight excluding hydrogens is 180 g/mol. The van der Waals surface area contributed by atoms with Crippen LogP contribution in [0.15, 0.2) is 18.2 Å². The van der Waals surface area contributed by atoms with Gasteiger partial charge in [0.15, 0.2) is 11.5 Å². The van der Waals surface area contributed by atoms with E-state index in [1.54, 1.807) is 0 Å². The van der Waals surface area contributed by atoms with Gasteiger partial charge >= 0.3 is 0 Å². The molecule has 0 radical (unpaired) electrons. The molecule has 1 aliphatic rings. The molecule has 1 aromatic rings. The van der Waals surface area contributed by atoms with Crippen LogP contribution in [0.25, 0.3) is 0 Å². The SMILES string of the molecule is CC(NN)c1ccc2c(c1)OCCO2. The van der Waals surface area contributed by atoms with E-state index in [0.29, 0.717) is 13.2 Å². The summed E-state index contributed by atoms with van der Waals surface area (Å²) >= 11 is 0. The van der Waals surface area contributed by atoms with Crippen molar-refractivity contribution in [3.05, 3.63) is 23.8 Å². The third-order valence-electron chi connectivity index (χ3n) is 2.32. The number of fused-ring (bicyclic) bond motifs is 1. The van der Waals surface area contributed by atoms with Crippen molar-refractivity contribution >= 4 is 0 Å². The number of ether oxygens (including phenoxy) is 2. The molecule has 0 amide bonds. The Morgan fingerprint density at radius 3 is 2.71 bits per heavy atom. The number of benzene rings is 1. The van der Waals surface area contributed by atoms with Crippen molar-refractivity contribution in [1.29, 1.82) is 0 Å². The zero-order valence-electron chi connectivity index (χ0n) is 8.12. The molecule has 1 atom stereocenters. The van der Waals surface area contributed by atoms with Gasteiger partial charge in [-0.25, -0.2) is 0 Å². The Hall–Kier alpha value is -1.26. The summed E-state index contributed by atoms with van der Waals surface area (Å²) in [7, 11) is 0. The number of hydrogen-bond acceptors (Lipinski definition) is 4. The van der Waals surface area contributed by atoms with Gasteiger partial charge in [0.1, 0.15) is 13.2 Å². The average molecular weight is 194 g/mol. The summed E-state index contributed by atoms with van der Waals surface area (Å²) < 4.78 is 10.9. The van der Waals surface area contributed by atoms with Crippen molar-refractivity contribution < 1.29 is 9.47 Å². The predicted octanol–water partition coefficient (Wildman–Crippen LogP) is 0.982. The largest absolute Gasteiger partial charge is 0.486 e. The Labute approximate surface area is 83.0 Å². The second kappa shape index (κ2) is 3.86. The van der Waals surface area contributed by atoms with Crippen LogP contribution in [0.1, 0.15) is 18.5 Å². The van der Waals surface area contributed by atoms with Crippen molar-refractivity contribution in [3.63, 3.8) is 0 Å². The van der Waals surface area contributed by atoms with Gasteiger partial charge in [-0.3, -0.25) is 11.3 Å². The molecule has 1 heterocycles. The minimum absolute atomic E-state index is 0.117. The molecule has 0 aromatic heterocycles. The van der Waals surface area contributed by atoms with Crippen LogP contribution in [0.2, 0.25) is 0 Å². The smallest absolute Gasteiger partial charge is 0.161 e. The van der Waals surface area contributed by atoms with E-state index >= 15 is 0 Å². The fourth-order valence-electron chi connectivity index (χ4n) is 1.43. The maximum absolute atomic E-state index is 5.47. The monoisotopic (exact) mass is 194 g/mol. The van der Waals surface area contributed by atoms with Gasteiger partial charge in [0.25, 0.3) is 0 Å². The van der Waals surface area contributed by atoms with E-state index in [4.69, 9.17) is 15.3 Å². The van der Waals surface area contributed by atoms with Gasteiger partial charge in [0, 0.05) is 6.04 Å². The molecule has 4 heteroatoms. The van der Waals surface area contributed by atoms with E-state index in [-0.39, 0.29) is 6.04 Å². The van der Waals surface area contributed by atoms with Crippen LogP contribution in [0.4, 0.5) is 0 Å². The Morgan fingerprint density at radius 1 is 1.29 bits per heavy atom. The Balaban J connectivity index is 2.29. The van der Waals surface area contributed by atoms with Crippen LogP contribution in [-0.2, 0) is 0 Å². The van der Waals surface area contributed by atoms with Crippen molar-refractivity contribution in [3.8, 4) is 11.5 Å². The van der Waals surface area contributed by atoms with Gasteiger partial charge in [0.05, 0.1) is 0 Å². The highest BCUT2D eigenvalue weighted by atomic mass is 16.6. The number of nitrogens with one attached hydrogen (secondary N) is 1. The molecule has 1 unspecified atom stereocenters. The van der Waals surface area contributed by atoms with E-state index in [2.05, 4.69) is 5.43 Å². The summed E-state index contributed by atoms with van der Waals surface area (Å²) in [6.45, 7) is 3.23. The summed E-state index contributed by atoms with van der Waals surface area (Å²) in [4.78, 5) is 0. The maximum atomic E-state index is 5.47. The summed E-state index contributed by atoms with van der Waals surface area (Å²) in [6, 6.07) is 5.97. The van der Waals surface area contributed by atoms with Crippen molar-refractivity contribution in [2.75, 3.05) is 13.2 Å². The highest BCUT2D eigenvalue weighted by Crippen LogP contribution is 2.32. The molecule has 4 nitrogen and oxygen atoms in total. The molecule has 2 rings (SSSR count). The van der Waals surface area contributed by atoms with E-state index in [1.165, 1.54) is 0 Å². The first-order chi connectivity index (χ1) is 6.81. The molecule has 1 aliphatic heterocycles. The third-order valence-corrected chi connectivity index (χ3v) is 2.32. The lowest BCUT2D eigenvalue weighted by Gasteiger charge is -2.20. The maximum Gasteiger partial charge on any atom is 0.161 e. The topological polar surface area (TPSA) is 56.5 Å². The zero-order valence-corrected chi connectivity index (χ0v) is 8.12. The van der Waals surface area contributed by atoms with E-state index in [1.807, 2.05) is 25.1 Å². The Morgan fingerprint density at radius 2 is 2.00 bits per heavy atom. The van der Waals surface area contributed by atoms with Crippen molar-refractivity contribution in [2.24, 2.45) is 5.84 Å². The second-order valence-corrected chi connectivity index (χ2v) is 3.29. The summed E-state index contributed by atoms with van der Waals surface area (Å²) in [5.74, 6) is 6.97. The number of rotatable bonds is 2. The number of hydrazine groups is 1. The molecule has 0 saturated carbocycles. The summed E-state index contributed by atoms with van der Waals surface area (Å²) in [6.07, 6.45) is 0. The van der Waals surface area contributed by atoms with Gasteiger partial charge in [0.2, 0.25) is 0 Å². The van der Waals surface area contributed by atoms with Crippen LogP contribution in [0.5, 0.6) is 11.5 Å². The Bertz CT molecular complexity index is 328. The average Bonchev–Trinajstić information content (AvgIpc) is 2.27. The van der Waals surface area contributed by atoms with Crippen LogP contribution in [0, 0.1) is 0 Å². The quantitative estimate of drug-likeness (QED) is 0.544. The molecule has 0 fully saturated rings. The zero-order chi connectivity index (χ0) is 9.97. The molecule has 0 bridgehead atoms. The molecule has 0 saturated heterocycles. The van der Waals surface area contributed by atoms with Crippen LogP contribution >= 0.6 is 0 Å². The normalized spacial score (nSPS) is 16.4. The Kier molecular flexibility index (Phi) is 2.56. The number of nitrogens with two attached hydrogens (primary N) is 1. The van der Waals surface area contributed by atoms with Crippen LogP contribution in [0.3, 0.4) is 0 Å². The van der Waals surface area contributed by atoms with Gasteiger partial charge < -0.3 is 9.47 Å². The summed E-state index contributed by atoms with van der Waals surface area (Å²) in [5, 5.41) is 0. The lowest BCUT2D eigenvalue weighted by atomic mass is 10.1. The van der Waals surface area contributed by atoms with Gasteiger partial charge in [-0.2, -0.15) is 0 Å². The van der Waals surface area contributed by atoms with E-state index in [9.17, 15) is 0 Å². The first-order valence-electron chi connectivity index (χ1n) is 4.67. The molecule has 0 aliphatic carbocycles. The second-order valence-electron chi connectivity index (χ2n) is 3.29. The fraction of sp³-hybridized carbons (Fsp3) is 0.400. The fourth-order valence-corrected chi connectivity index (χ4v) is 1.43. The predicted molar refractivity (Wildman–Crippen MR) is 53.2 cm³/mol. The highest BCUT2D eigenvalue weighted by Gasteiger charge is 2.13. The van der Waals surface area contributed by atoms with Crippen LogP contribution in [-0.4, -0.2) is 13.2 Å². The number of hydrogen-bond donors (Lipinski definition) is 2. The lowest BCUT2D eigenvalue weighted by Crippen LogP contribution is -2.25. The molecule has 76 valence electrons. The third kappa shape index (κ3) is 1.66. The highest BCUT2D eigenvalue weighted by molar-refractivity contribution is 5.44. The lowest BCUT2D eigenvalue weighted by molar-refractivity contribution is 0.171.